The molecule has 2 aliphatic rings. The summed E-state index contributed by atoms with van der Waals surface area (Å²) in [4.78, 5) is 12.9. The molecule has 0 spiro atoms. The number of sulfonamides is 1. The summed E-state index contributed by atoms with van der Waals surface area (Å²) in [7, 11) is -3.18. The van der Waals surface area contributed by atoms with Gasteiger partial charge in [-0.2, -0.15) is 5.10 Å². The number of rotatable bonds is 5. The van der Waals surface area contributed by atoms with Crippen LogP contribution in [0.15, 0.2) is 65.8 Å². The molecule has 0 aliphatic carbocycles. The second kappa shape index (κ2) is 8.57. The van der Waals surface area contributed by atoms with Gasteiger partial charge in [0.2, 0.25) is 10.0 Å². The number of hydrazone groups is 1. The Morgan fingerprint density at radius 3 is 2.20 bits per heavy atom. The van der Waals surface area contributed by atoms with Crippen LogP contribution in [0.2, 0.25) is 0 Å². The summed E-state index contributed by atoms with van der Waals surface area (Å²) in [6, 6.07) is 19.8. The molecule has 4 rings (SSSR count). The largest absolute Gasteiger partial charge is 0.348 e. The number of nitrogens with zero attached hydrogens (tertiary/aromatic N) is 3. The van der Waals surface area contributed by atoms with Gasteiger partial charge >= 0.3 is 0 Å². The third-order valence-corrected chi connectivity index (χ3v) is 6.94. The van der Waals surface area contributed by atoms with Crippen LogP contribution in [0.25, 0.3) is 0 Å². The van der Waals surface area contributed by atoms with Gasteiger partial charge in [-0.25, -0.2) is 12.7 Å². The van der Waals surface area contributed by atoms with E-state index in [0.717, 1.165) is 11.3 Å². The molecule has 1 N–H and O–H groups in total. The Morgan fingerprint density at radius 1 is 1.00 bits per heavy atom. The lowest BCUT2D eigenvalue weighted by molar-refractivity contribution is -0.115. The molecule has 1 amide bonds. The van der Waals surface area contributed by atoms with Crippen LogP contribution >= 0.6 is 0 Å². The van der Waals surface area contributed by atoms with Crippen molar-refractivity contribution >= 4 is 27.3 Å². The molecular weight excluding hydrogens is 400 g/mol. The summed E-state index contributed by atoms with van der Waals surface area (Å²) < 4.78 is 24.8. The minimum Gasteiger partial charge on any atom is -0.348 e. The maximum absolute atomic E-state index is 12.9. The summed E-state index contributed by atoms with van der Waals surface area (Å²) >= 11 is 0. The molecule has 0 aromatic heterocycles. The number of para-hydroxylation sites is 1. The van der Waals surface area contributed by atoms with Crippen LogP contribution in [0.3, 0.4) is 0 Å². The molecular formula is C22H26N4O3S. The number of carbonyl (C=O) groups excluding carboxylic acids is 1. The Labute approximate surface area is 177 Å². The zero-order valence-corrected chi connectivity index (χ0v) is 17.8. The number of hydrogen-bond acceptors (Lipinski definition) is 5. The van der Waals surface area contributed by atoms with Crippen LogP contribution in [0.5, 0.6) is 0 Å². The lowest BCUT2D eigenvalue weighted by Gasteiger charge is -2.30. The van der Waals surface area contributed by atoms with Crippen LogP contribution < -0.4 is 10.3 Å². The molecule has 2 heterocycles. The standard InChI is InChI=1S/C22H26N4O3S/c1-30(28,29)25-14-12-18(13-15-25)23-22(27)20-16-21(17-8-4-2-5-9-17)26(24-20)19-10-6-3-7-11-19/h2-11,18,21H,12-16H2,1H3,(H,23,27). The first kappa shape index (κ1) is 20.6. The predicted octanol–water partition coefficient (Wildman–Crippen LogP) is 2.53. The van der Waals surface area contributed by atoms with Crippen molar-refractivity contribution in [3.05, 3.63) is 66.2 Å². The molecule has 30 heavy (non-hydrogen) atoms. The fourth-order valence-corrected chi connectivity index (χ4v) is 4.88. The molecule has 0 bridgehead atoms. The number of nitrogens with one attached hydrogen (secondary N) is 1. The van der Waals surface area contributed by atoms with Crippen molar-refractivity contribution in [2.75, 3.05) is 24.4 Å². The van der Waals surface area contributed by atoms with E-state index in [-0.39, 0.29) is 18.0 Å². The number of amides is 1. The van der Waals surface area contributed by atoms with Gasteiger partial charge in [-0.15, -0.1) is 0 Å². The van der Waals surface area contributed by atoms with E-state index in [4.69, 9.17) is 0 Å². The molecule has 8 heteroatoms. The van der Waals surface area contributed by atoms with Gasteiger partial charge in [0, 0.05) is 25.6 Å². The molecule has 0 saturated carbocycles. The van der Waals surface area contributed by atoms with Crippen molar-refractivity contribution in [2.45, 2.75) is 31.3 Å². The van der Waals surface area contributed by atoms with E-state index in [2.05, 4.69) is 22.6 Å². The SMILES string of the molecule is CS(=O)(=O)N1CCC(NC(=O)C2=NN(c3ccccc3)C(c3ccccc3)C2)CC1. The Bertz CT molecular complexity index is 1020. The molecule has 1 atom stereocenters. The molecule has 1 fully saturated rings. The number of piperidine rings is 1. The third-order valence-electron chi connectivity index (χ3n) is 5.64. The minimum absolute atomic E-state index is 0.0403. The van der Waals surface area contributed by atoms with Gasteiger partial charge in [-0.3, -0.25) is 9.80 Å². The van der Waals surface area contributed by atoms with Crippen LogP contribution in [0.4, 0.5) is 5.69 Å². The molecule has 2 aliphatic heterocycles. The number of carbonyl (C=O) groups is 1. The molecule has 158 valence electrons. The van der Waals surface area contributed by atoms with Gasteiger partial charge < -0.3 is 5.32 Å². The number of benzene rings is 2. The molecule has 2 aromatic carbocycles. The first-order chi connectivity index (χ1) is 14.4. The van der Waals surface area contributed by atoms with E-state index >= 15 is 0 Å². The summed E-state index contributed by atoms with van der Waals surface area (Å²) in [5.41, 5.74) is 2.54. The highest BCUT2D eigenvalue weighted by Gasteiger charge is 2.34. The highest BCUT2D eigenvalue weighted by atomic mass is 32.2. The van der Waals surface area contributed by atoms with E-state index in [1.807, 2.05) is 53.5 Å². The fourth-order valence-electron chi connectivity index (χ4n) is 4.00. The summed E-state index contributed by atoms with van der Waals surface area (Å²) in [6.07, 6.45) is 2.96. The highest BCUT2D eigenvalue weighted by molar-refractivity contribution is 7.88. The zero-order chi connectivity index (χ0) is 21.1. The van der Waals surface area contributed by atoms with Crippen molar-refractivity contribution in [1.82, 2.24) is 9.62 Å². The van der Waals surface area contributed by atoms with Crippen molar-refractivity contribution in [3.63, 3.8) is 0 Å². The molecule has 7 nitrogen and oxygen atoms in total. The monoisotopic (exact) mass is 426 g/mol. The van der Waals surface area contributed by atoms with E-state index in [1.54, 1.807) is 0 Å². The van der Waals surface area contributed by atoms with Crippen LogP contribution in [0.1, 0.15) is 30.9 Å². The average molecular weight is 427 g/mol. The Hall–Kier alpha value is -2.71. The van der Waals surface area contributed by atoms with Gasteiger partial charge in [0.25, 0.3) is 5.91 Å². The first-order valence-electron chi connectivity index (χ1n) is 10.1. The molecule has 1 saturated heterocycles. The smallest absolute Gasteiger partial charge is 0.267 e. The lowest BCUT2D eigenvalue weighted by Crippen LogP contribution is -2.47. The Morgan fingerprint density at radius 2 is 1.60 bits per heavy atom. The molecule has 1 unspecified atom stereocenters. The Balaban J connectivity index is 1.48. The maximum atomic E-state index is 12.9. The van der Waals surface area contributed by atoms with Gasteiger partial charge in [0.1, 0.15) is 5.71 Å². The Kier molecular flexibility index (Phi) is 5.87. The topological polar surface area (TPSA) is 82.1 Å². The second-order valence-electron chi connectivity index (χ2n) is 7.77. The quantitative estimate of drug-likeness (QED) is 0.797. The second-order valence-corrected chi connectivity index (χ2v) is 9.75. The molecule has 0 radical (unpaired) electrons. The number of anilines is 1. The van der Waals surface area contributed by atoms with Crippen molar-refractivity contribution in [2.24, 2.45) is 5.10 Å². The van der Waals surface area contributed by atoms with Crippen LogP contribution in [0, 0.1) is 0 Å². The van der Waals surface area contributed by atoms with Gasteiger partial charge in [-0.05, 0) is 30.5 Å². The summed E-state index contributed by atoms with van der Waals surface area (Å²) in [5, 5.41) is 9.64. The average Bonchev–Trinajstić information content (AvgIpc) is 3.20. The van der Waals surface area contributed by atoms with E-state index < -0.39 is 10.0 Å². The maximum Gasteiger partial charge on any atom is 0.267 e. The van der Waals surface area contributed by atoms with Crippen molar-refractivity contribution < 1.29 is 13.2 Å². The summed E-state index contributed by atoms with van der Waals surface area (Å²) in [5.74, 6) is -0.174. The zero-order valence-electron chi connectivity index (χ0n) is 16.9. The fraction of sp³-hybridized carbons (Fsp3) is 0.364. The minimum atomic E-state index is -3.18. The first-order valence-corrected chi connectivity index (χ1v) is 12.0. The normalized spacial score (nSPS) is 20.8. The lowest BCUT2D eigenvalue weighted by atomic mass is 10.0. The number of hydrogen-bond donors (Lipinski definition) is 1. The van der Waals surface area contributed by atoms with Gasteiger partial charge in [-0.1, -0.05) is 48.5 Å². The van der Waals surface area contributed by atoms with Crippen LogP contribution in [-0.4, -0.2) is 49.7 Å². The summed E-state index contributed by atoms with van der Waals surface area (Å²) in [6.45, 7) is 0.859. The van der Waals surface area contributed by atoms with E-state index in [1.165, 1.54) is 10.6 Å². The van der Waals surface area contributed by atoms with Crippen molar-refractivity contribution in [1.29, 1.82) is 0 Å². The molecule has 2 aromatic rings. The van der Waals surface area contributed by atoms with Crippen molar-refractivity contribution in [3.8, 4) is 0 Å². The van der Waals surface area contributed by atoms with E-state index in [9.17, 15) is 13.2 Å². The highest BCUT2D eigenvalue weighted by Crippen LogP contribution is 2.35. The predicted molar refractivity (Wildman–Crippen MR) is 118 cm³/mol. The van der Waals surface area contributed by atoms with E-state index in [0.29, 0.717) is 38.1 Å². The van der Waals surface area contributed by atoms with Gasteiger partial charge in [0.15, 0.2) is 0 Å². The van der Waals surface area contributed by atoms with Gasteiger partial charge in [0.05, 0.1) is 18.0 Å². The van der Waals surface area contributed by atoms with Crippen LogP contribution in [-0.2, 0) is 14.8 Å². The third kappa shape index (κ3) is 4.55.